The van der Waals surface area contributed by atoms with Crippen molar-refractivity contribution in [3.63, 3.8) is 0 Å². The van der Waals surface area contributed by atoms with Crippen LogP contribution in [0.3, 0.4) is 0 Å². The molecular formula is C23H29NO. The minimum Gasteiger partial charge on any atom is -0.349 e. The van der Waals surface area contributed by atoms with Crippen molar-refractivity contribution in [2.75, 3.05) is 0 Å². The first-order chi connectivity index (χ1) is 11.9. The Labute approximate surface area is 151 Å². The average molecular weight is 335 g/mol. The maximum absolute atomic E-state index is 12.4. The monoisotopic (exact) mass is 335 g/mol. The fraction of sp³-hybridized carbons (Fsp3) is 0.435. The van der Waals surface area contributed by atoms with Gasteiger partial charge in [-0.25, -0.2) is 0 Å². The van der Waals surface area contributed by atoms with Crippen LogP contribution in [0.1, 0.15) is 68.3 Å². The van der Waals surface area contributed by atoms with Gasteiger partial charge in [-0.2, -0.15) is 0 Å². The minimum atomic E-state index is 0.154. The van der Waals surface area contributed by atoms with E-state index < -0.39 is 0 Å². The Morgan fingerprint density at radius 1 is 1.08 bits per heavy atom. The lowest BCUT2D eigenvalue weighted by molar-refractivity contribution is -0.121. The number of nitrogens with one attached hydrogen (secondary N) is 1. The van der Waals surface area contributed by atoms with Gasteiger partial charge in [0.15, 0.2) is 0 Å². The van der Waals surface area contributed by atoms with E-state index in [4.69, 9.17) is 0 Å². The number of fused-ring (bicyclic) bond motifs is 1. The fourth-order valence-electron chi connectivity index (χ4n) is 3.60. The lowest BCUT2D eigenvalue weighted by Crippen LogP contribution is -2.31. The average Bonchev–Trinajstić information content (AvgIpc) is 2.60. The van der Waals surface area contributed by atoms with E-state index in [-0.39, 0.29) is 17.4 Å². The lowest BCUT2D eigenvalue weighted by Gasteiger charge is -2.26. The number of aryl methyl sites for hydroxylation is 2. The molecule has 2 aromatic carbocycles. The topological polar surface area (TPSA) is 29.1 Å². The minimum absolute atomic E-state index is 0.154. The van der Waals surface area contributed by atoms with Gasteiger partial charge in [0, 0.05) is 6.42 Å². The van der Waals surface area contributed by atoms with Crippen molar-refractivity contribution in [1.82, 2.24) is 5.32 Å². The quantitative estimate of drug-likeness (QED) is 0.826. The lowest BCUT2D eigenvalue weighted by atomic mass is 9.86. The number of rotatable bonds is 4. The van der Waals surface area contributed by atoms with E-state index in [1.165, 1.54) is 22.3 Å². The van der Waals surface area contributed by atoms with Gasteiger partial charge in [0.1, 0.15) is 0 Å². The van der Waals surface area contributed by atoms with E-state index >= 15 is 0 Å². The van der Waals surface area contributed by atoms with E-state index in [9.17, 15) is 4.79 Å². The summed E-state index contributed by atoms with van der Waals surface area (Å²) in [5, 5.41) is 3.24. The molecule has 0 heterocycles. The van der Waals surface area contributed by atoms with E-state index in [1.807, 2.05) is 0 Å². The molecule has 1 aliphatic carbocycles. The molecule has 1 amide bonds. The third kappa shape index (κ3) is 4.50. The molecular weight excluding hydrogens is 306 g/mol. The Morgan fingerprint density at radius 2 is 1.80 bits per heavy atom. The van der Waals surface area contributed by atoms with Crippen LogP contribution in [-0.4, -0.2) is 5.91 Å². The van der Waals surface area contributed by atoms with Crippen LogP contribution in [-0.2, 0) is 23.1 Å². The summed E-state index contributed by atoms with van der Waals surface area (Å²) in [5.41, 5.74) is 5.42. The molecule has 2 nitrogen and oxygen atoms in total. The molecule has 2 heteroatoms. The Bertz CT molecular complexity index is 725. The summed E-state index contributed by atoms with van der Waals surface area (Å²) in [7, 11) is 0. The summed E-state index contributed by atoms with van der Waals surface area (Å²) in [5.74, 6) is 0.154. The van der Waals surface area contributed by atoms with Gasteiger partial charge in [0.05, 0.1) is 6.04 Å². The van der Waals surface area contributed by atoms with Crippen molar-refractivity contribution in [2.45, 2.75) is 64.3 Å². The molecule has 1 atom stereocenters. The van der Waals surface area contributed by atoms with E-state index in [0.29, 0.717) is 6.42 Å². The van der Waals surface area contributed by atoms with Crippen LogP contribution in [0, 0.1) is 0 Å². The highest BCUT2D eigenvalue weighted by atomic mass is 16.1. The fourth-order valence-corrected chi connectivity index (χ4v) is 3.60. The highest BCUT2D eigenvalue weighted by molar-refractivity contribution is 5.76. The molecule has 0 fully saturated rings. The van der Waals surface area contributed by atoms with Gasteiger partial charge in [-0.1, -0.05) is 69.3 Å². The Kier molecular flexibility index (Phi) is 5.27. The van der Waals surface area contributed by atoms with Crippen molar-refractivity contribution in [3.8, 4) is 0 Å². The van der Waals surface area contributed by atoms with Crippen molar-refractivity contribution in [2.24, 2.45) is 0 Å². The first-order valence-corrected chi connectivity index (χ1v) is 9.40. The van der Waals surface area contributed by atoms with Gasteiger partial charge in [0.2, 0.25) is 5.91 Å². The Hall–Kier alpha value is -2.09. The second kappa shape index (κ2) is 7.43. The molecule has 25 heavy (non-hydrogen) atoms. The zero-order valence-electron chi connectivity index (χ0n) is 15.6. The van der Waals surface area contributed by atoms with Gasteiger partial charge >= 0.3 is 0 Å². The van der Waals surface area contributed by atoms with Crippen molar-refractivity contribution >= 4 is 5.91 Å². The standard InChI is InChI=1S/C23H29NO/c1-23(2,3)19-14-11-17(12-15-19)13-16-22(25)24-21-10-6-8-18-7-4-5-9-20(18)21/h4-5,7,9,11-12,14-15,21H,6,8,10,13,16H2,1-3H3,(H,24,25)/t21-/m0/s1. The molecule has 0 saturated heterocycles. The second-order valence-corrected chi connectivity index (χ2v) is 8.16. The number of hydrogen-bond donors (Lipinski definition) is 1. The highest BCUT2D eigenvalue weighted by Crippen LogP contribution is 2.29. The number of hydrogen-bond acceptors (Lipinski definition) is 1. The first-order valence-electron chi connectivity index (χ1n) is 9.40. The summed E-state index contributed by atoms with van der Waals surface area (Å²) < 4.78 is 0. The molecule has 1 aliphatic rings. The molecule has 3 rings (SSSR count). The van der Waals surface area contributed by atoms with E-state index in [2.05, 4.69) is 74.6 Å². The molecule has 0 bridgehead atoms. The molecule has 0 aromatic heterocycles. The molecule has 0 unspecified atom stereocenters. The Morgan fingerprint density at radius 3 is 2.52 bits per heavy atom. The van der Waals surface area contributed by atoms with Crippen LogP contribution < -0.4 is 5.32 Å². The SMILES string of the molecule is CC(C)(C)c1ccc(CCC(=O)N[C@H]2CCCc3ccccc32)cc1. The molecule has 0 radical (unpaired) electrons. The Balaban J connectivity index is 1.55. The highest BCUT2D eigenvalue weighted by Gasteiger charge is 2.21. The van der Waals surface area contributed by atoms with Crippen LogP contribution in [0.25, 0.3) is 0 Å². The first kappa shape index (κ1) is 17.7. The zero-order chi connectivity index (χ0) is 17.9. The smallest absolute Gasteiger partial charge is 0.220 e. The zero-order valence-corrected chi connectivity index (χ0v) is 15.6. The summed E-state index contributed by atoms with van der Waals surface area (Å²) >= 11 is 0. The van der Waals surface area contributed by atoms with Gasteiger partial charge < -0.3 is 5.32 Å². The van der Waals surface area contributed by atoms with Gasteiger partial charge in [-0.15, -0.1) is 0 Å². The second-order valence-electron chi connectivity index (χ2n) is 8.16. The summed E-state index contributed by atoms with van der Waals surface area (Å²) in [4.78, 5) is 12.4. The van der Waals surface area contributed by atoms with Crippen LogP contribution in [0.2, 0.25) is 0 Å². The normalized spacial score (nSPS) is 17.0. The van der Waals surface area contributed by atoms with Crippen LogP contribution in [0.5, 0.6) is 0 Å². The number of benzene rings is 2. The van der Waals surface area contributed by atoms with Gasteiger partial charge in [0.25, 0.3) is 0 Å². The number of carbonyl (C=O) groups excluding carboxylic acids is 1. The third-order valence-corrected chi connectivity index (χ3v) is 5.17. The van der Waals surface area contributed by atoms with Crippen LogP contribution in [0.15, 0.2) is 48.5 Å². The van der Waals surface area contributed by atoms with Crippen molar-refractivity contribution in [1.29, 1.82) is 0 Å². The number of amides is 1. The van der Waals surface area contributed by atoms with E-state index in [1.54, 1.807) is 0 Å². The summed E-state index contributed by atoms with van der Waals surface area (Å²) in [6.07, 6.45) is 4.67. The van der Waals surface area contributed by atoms with Gasteiger partial charge in [-0.05, 0) is 53.4 Å². The predicted octanol–water partition coefficient (Wildman–Crippen LogP) is 5.11. The molecule has 0 spiro atoms. The predicted molar refractivity (Wildman–Crippen MR) is 104 cm³/mol. The van der Waals surface area contributed by atoms with Crippen LogP contribution in [0.4, 0.5) is 0 Å². The third-order valence-electron chi connectivity index (χ3n) is 5.17. The maximum Gasteiger partial charge on any atom is 0.220 e. The largest absolute Gasteiger partial charge is 0.349 e. The molecule has 1 N–H and O–H groups in total. The number of carbonyl (C=O) groups is 1. The maximum atomic E-state index is 12.4. The molecule has 132 valence electrons. The van der Waals surface area contributed by atoms with Crippen molar-refractivity contribution < 1.29 is 4.79 Å². The van der Waals surface area contributed by atoms with E-state index in [0.717, 1.165) is 25.7 Å². The van der Waals surface area contributed by atoms with Crippen molar-refractivity contribution in [3.05, 3.63) is 70.8 Å². The summed E-state index contributed by atoms with van der Waals surface area (Å²) in [6.45, 7) is 6.66. The van der Waals surface area contributed by atoms with Gasteiger partial charge in [-0.3, -0.25) is 4.79 Å². The summed E-state index contributed by atoms with van der Waals surface area (Å²) in [6, 6.07) is 17.4. The van der Waals surface area contributed by atoms with Crippen LogP contribution >= 0.6 is 0 Å². The molecule has 0 saturated carbocycles. The molecule has 0 aliphatic heterocycles. The molecule has 2 aromatic rings.